The van der Waals surface area contributed by atoms with Crippen molar-refractivity contribution in [3.63, 3.8) is 0 Å². The molecule has 7 nitrogen and oxygen atoms in total. The molecular formula is C19H17BrN4O3. The summed E-state index contributed by atoms with van der Waals surface area (Å²) in [5.74, 6) is -2.51. The summed E-state index contributed by atoms with van der Waals surface area (Å²) in [5, 5.41) is 2.20. The fourth-order valence-electron chi connectivity index (χ4n) is 2.55. The summed E-state index contributed by atoms with van der Waals surface area (Å²) >= 11 is 3.30. The minimum Gasteiger partial charge on any atom is -0.378 e. The Bertz CT molecular complexity index is 908. The highest BCUT2D eigenvalue weighted by Gasteiger charge is 2.40. The zero-order valence-corrected chi connectivity index (χ0v) is 16.3. The summed E-state index contributed by atoms with van der Waals surface area (Å²) in [6.45, 7) is 0. The maximum atomic E-state index is 12.7. The molecule has 4 amide bonds. The Labute approximate surface area is 164 Å². The van der Waals surface area contributed by atoms with Crippen LogP contribution >= 0.6 is 15.9 Å². The number of hydrogen-bond donors (Lipinski definition) is 1. The van der Waals surface area contributed by atoms with Gasteiger partial charge in [0.1, 0.15) is 0 Å². The molecule has 0 radical (unpaired) electrons. The van der Waals surface area contributed by atoms with Gasteiger partial charge in [-0.25, -0.2) is 9.69 Å². The van der Waals surface area contributed by atoms with Crippen molar-refractivity contribution in [3.8, 4) is 0 Å². The summed E-state index contributed by atoms with van der Waals surface area (Å²) in [5.41, 5.74) is 1.99. The Morgan fingerprint density at radius 3 is 2.26 bits per heavy atom. The zero-order valence-electron chi connectivity index (χ0n) is 14.7. The molecule has 1 fully saturated rings. The highest BCUT2D eigenvalue weighted by molar-refractivity contribution is 9.10. The second kappa shape index (κ2) is 7.71. The molecule has 0 aliphatic carbocycles. The Morgan fingerprint density at radius 2 is 1.67 bits per heavy atom. The number of carbonyl (C=O) groups is 3. The van der Waals surface area contributed by atoms with E-state index in [4.69, 9.17) is 0 Å². The molecule has 3 rings (SSSR count). The van der Waals surface area contributed by atoms with Crippen LogP contribution in [0.3, 0.4) is 0 Å². The highest BCUT2D eigenvalue weighted by atomic mass is 79.9. The number of rotatable bonds is 4. The lowest BCUT2D eigenvalue weighted by atomic mass is 10.1. The standard InChI is InChI=1S/C19H17BrN4O3/c1-23(2)14-9-5-13(6-10-14)21-11-16-17(25)22-19(27)24(18(16)26)15-7-3-12(20)4-8-15/h3-11,16H,1-2H3,(H,22,25,27)/t16-/m0/s1. The number of carbonyl (C=O) groups excluding carboxylic acids is 3. The van der Waals surface area contributed by atoms with Gasteiger partial charge in [-0.2, -0.15) is 0 Å². The Balaban J connectivity index is 1.83. The number of aliphatic imine (C=N–C) groups is 1. The number of barbiturate groups is 1. The third kappa shape index (κ3) is 4.06. The van der Waals surface area contributed by atoms with E-state index in [-0.39, 0.29) is 0 Å². The van der Waals surface area contributed by atoms with Crippen molar-refractivity contribution >= 4 is 57.1 Å². The minimum atomic E-state index is -1.18. The van der Waals surface area contributed by atoms with Crippen molar-refractivity contribution in [3.05, 3.63) is 53.0 Å². The summed E-state index contributed by atoms with van der Waals surface area (Å²) in [7, 11) is 3.86. The molecule has 8 heteroatoms. The van der Waals surface area contributed by atoms with Crippen LogP contribution in [0.25, 0.3) is 0 Å². The Kier molecular flexibility index (Phi) is 5.36. The van der Waals surface area contributed by atoms with E-state index < -0.39 is 23.8 Å². The van der Waals surface area contributed by atoms with E-state index in [1.54, 1.807) is 36.4 Å². The van der Waals surface area contributed by atoms with Crippen LogP contribution in [0, 0.1) is 5.92 Å². The van der Waals surface area contributed by atoms with Crippen LogP contribution in [0.4, 0.5) is 21.9 Å². The summed E-state index contributed by atoms with van der Waals surface area (Å²) in [6.07, 6.45) is 1.26. The molecule has 27 heavy (non-hydrogen) atoms. The average Bonchev–Trinajstić information content (AvgIpc) is 2.63. The molecule has 0 saturated carbocycles. The van der Waals surface area contributed by atoms with E-state index in [0.717, 1.165) is 15.1 Å². The van der Waals surface area contributed by atoms with Gasteiger partial charge in [-0.05, 0) is 48.5 Å². The number of imide groups is 2. The van der Waals surface area contributed by atoms with Gasteiger partial charge in [0, 0.05) is 30.5 Å². The maximum absolute atomic E-state index is 12.7. The van der Waals surface area contributed by atoms with Crippen molar-refractivity contribution in [2.75, 3.05) is 23.9 Å². The van der Waals surface area contributed by atoms with Crippen molar-refractivity contribution in [2.24, 2.45) is 10.9 Å². The Hall–Kier alpha value is -3.00. The van der Waals surface area contributed by atoms with Crippen molar-refractivity contribution in [1.29, 1.82) is 0 Å². The van der Waals surface area contributed by atoms with E-state index >= 15 is 0 Å². The maximum Gasteiger partial charge on any atom is 0.335 e. The first-order valence-corrected chi connectivity index (χ1v) is 8.92. The first kappa shape index (κ1) is 18.8. The topological polar surface area (TPSA) is 82.1 Å². The lowest BCUT2D eigenvalue weighted by molar-refractivity contribution is -0.131. The molecule has 2 aromatic rings. The second-order valence-electron chi connectivity index (χ2n) is 6.11. The molecule has 1 saturated heterocycles. The first-order chi connectivity index (χ1) is 12.9. The molecule has 1 heterocycles. The van der Waals surface area contributed by atoms with E-state index in [2.05, 4.69) is 26.2 Å². The first-order valence-electron chi connectivity index (χ1n) is 8.13. The predicted octanol–water partition coefficient (Wildman–Crippen LogP) is 3.12. The van der Waals surface area contributed by atoms with Crippen LogP contribution < -0.4 is 15.1 Å². The number of hydrogen-bond acceptors (Lipinski definition) is 5. The van der Waals surface area contributed by atoms with Crippen LogP contribution in [-0.4, -0.2) is 38.2 Å². The summed E-state index contributed by atoms with van der Waals surface area (Å²) in [6, 6.07) is 13.2. The molecule has 0 bridgehead atoms. The van der Waals surface area contributed by atoms with Crippen LogP contribution in [0.2, 0.25) is 0 Å². The number of nitrogens with zero attached hydrogens (tertiary/aromatic N) is 3. The fourth-order valence-corrected chi connectivity index (χ4v) is 2.82. The van der Waals surface area contributed by atoms with Crippen LogP contribution in [0.5, 0.6) is 0 Å². The van der Waals surface area contributed by atoms with Crippen molar-refractivity contribution < 1.29 is 14.4 Å². The van der Waals surface area contributed by atoms with Crippen LogP contribution in [0.15, 0.2) is 58.0 Å². The van der Waals surface area contributed by atoms with E-state index in [1.807, 2.05) is 31.1 Å². The van der Waals surface area contributed by atoms with Gasteiger partial charge in [0.05, 0.1) is 11.4 Å². The number of halogens is 1. The van der Waals surface area contributed by atoms with E-state index in [0.29, 0.717) is 11.4 Å². The molecule has 1 N–H and O–H groups in total. The summed E-state index contributed by atoms with van der Waals surface area (Å²) < 4.78 is 0.812. The number of urea groups is 1. The number of amides is 4. The van der Waals surface area contributed by atoms with E-state index in [9.17, 15) is 14.4 Å². The average molecular weight is 429 g/mol. The molecule has 1 aliphatic heterocycles. The van der Waals surface area contributed by atoms with Gasteiger partial charge in [-0.3, -0.25) is 19.9 Å². The Morgan fingerprint density at radius 1 is 1.04 bits per heavy atom. The molecule has 0 aromatic heterocycles. The zero-order chi connectivity index (χ0) is 19.6. The largest absolute Gasteiger partial charge is 0.378 e. The van der Waals surface area contributed by atoms with E-state index in [1.165, 1.54) is 6.21 Å². The molecule has 0 spiro atoms. The van der Waals surface area contributed by atoms with Gasteiger partial charge in [-0.1, -0.05) is 15.9 Å². The molecule has 1 aliphatic rings. The minimum absolute atomic E-state index is 0.377. The normalized spacial score (nSPS) is 17.4. The number of anilines is 2. The van der Waals surface area contributed by atoms with Gasteiger partial charge in [0.15, 0.2) is 5.92 Å². The molecule has 1 atom stereocenters. The van der Waals surface area contributed by atoms with Crippen LogP contribution in [-0.2, 0) is 9.59 Å². The number of benzene rings is 2. The summed E-state index contributed by atoms with van der Waals surface area (Å²) in [4.78, 5) is 44.1. The third-order valence-corrected chi connectivity index (χ3v) is 4.55. The SMILES string of the molecule is CN(C)c1ccc(N=C[C@H]2C(=O)NC(=O)N(c3ccc(Br)cc3)C2=O)cc1. The predicted molar refractivity (Wildman–Crippen MR) is 108 cm³/mol. The van der Waals surface area contributed by atoms with Gasteiger partial charge < -0.3 is 4.90 Å². The second-order valence-corrected chi connectivity index (χ2v) is 7.03. The van der Waals surface area contributed by atoms with Gasteiger partial charge >= 0.3 is 6.03 Å². The quantitative estimate of drug-likeness (QED) is 0.598. The lowest BCUT2D eigenvalue weighted by Gasteiger charge is -2.28. The van der Waals surface area contributed by atoms with Crippen molar-refractivity contribution in [1.82, 2.24) is 5.32 Å². The van der Waals surface area contributed by atoms with Gasteiger partial charge in [-0.15, -0.1) is 0 Å². The molecule has 0 unspecified atom stereocenters. The molecule has 2 aromatic carbocycles. The van der Waals surface area contributed by atoms with Crippen molar-refractivity contribution in [2.45, 2.75) is 0 Å². The van der Waals surface area contributed by atoms with Gasteiger partial charge in [0.2, 0.25) is 5.91 Å². The van der Waals surface area contributed by atoms with Gasteiger partial charge in [0.25, 0.3) is 5.91 Å². The molecular weight excluding hydrogens is 412 g/mol. The molecule has 138 valence electrons. The smallest absolute Gasteiger partial charge is 0.335 e. The number of nitrogens with one attached hydrogen (secondary N) is 1. The van der Waals surface area contributed by atoms with Crippen LogP contribution in [0.1, 0.15) is 0 Å². The monoisotopic (exact) mass is 428 g/mol. The lowest BCUT2D eigenvalue weighted by Crippen LogP contribution is -2.58. The third-order valence-electron chi connectivity index (χ3n) is 4.03. The highest BCUT2D eigenvalue weighted by Crippen LogP contribution is 2.23. The fraction of sp³-hybridized carbons (Fsp3) is 0.158.